The molecule has 4 nitrogen and oxygen atoms in total. The molecule has 25 heavy (non-hydrogen) atoms. The third-order valence-corrected chi connectivity index (χ3v) is 6.00. The van der Waals surface area contributed by atoms with Crippen molar-refractivity contribution in [1.29, 1.82) is 0 Å². The molecule has 5 atom stereocenters. The van der Waals surface area contributed by atoms with Gasteiger partial charge in [-0.25, -0.2) is 13.2 Å². The fraction of sp³-hybridized carbons (Fsp3) is 0.889. The smallest absolute Gasteiger partial charge is 0.310 e. The molecule has 0 aliphatic heterocycles. The van der Waals surface area contributed by atoms with Crippen molar-refractivity contribution >= 4 is 11.9 Å². The Bertz CT molecular complexity index is 493. The first-order valence-corrected chi connectivity index (χ1v) is 9.26. The van der Waals surface area contributed by atoms with Crippen LogP contribution in [0.3, 0.4) is 0 Å². The molecule has 3 aliphatic rings. The fourth-order valence-corrected chi connectivity index (χ4v) is 4.77. The number of halogens is 3. The molecule has 7 heteroatoms. The average Bonchev–Trinajstić information content (AvgIpc) is 3.21. The van der Waals surface area contributed by atoms with Crippen molar-refractivity contribution in [2.45, 2.75) is 70.0 Å². The van der Waals surface area contributed by atoms with E-state index in [0.29, 0.717) is 6.42 Å². The fourth-order valence-electron chi connectivity index (χ4n) is 4.77. The minimum atomic E-state index is -3.07. The van der Waals surface area contributed by atoms with Gasteiger partial charge in [0.15, 0.2) is 6.10 Å². The number of alkyl halides is 3. The first kappa shape index (κ1) is 18.5. The molecule has 0 heterocycles. The molecular weight excluding hydrogens is 337 g/mol. The maximum atomic E-state index is 12.7. The van der Waals surface area contributed by atoms with E-state index in [1.807, 2.05) is 0 Å². The van der Waals surface area contributed by atoms with E-state index in [1.165, 1.54) is 0 Å². The molecule has 142 valence electrons. The normalized spacial score (nSPS) is 33.4. The van der Waals surface area contributed by atoms with Crippen LogP contribution in [0.5, 0.6) is 0 Å². The highest BCUT2D eigenvalue weighted by Gasteiger charge is 2.56. The first-order valence-electron chi connectivity index (χ1n) is 9.26. The molecule has 0 spiro atoms. The van der Waals surface area contributed by atoms with Gasteiger partial charge in [-0.2, -0.15) is 0 Å². The van der Waals surface area contributed by atoms with Crippen molar-refractivity contribution in [2.75, 3.05) is 6.67 Å². The van der Waals surface area contributed by atoms with Crippen molar-refractivity contribution in [1.82, 2.24) is 0 Å². The molecule has 0 radical (unpaired) electrons. The Labute approximate surface area is 145 Å². The van der Waals surface area contributed by atoms with Crippen molar-refractivity contribution in [3.63, 3.8) is 0 Å². The molecule has 3 fully saturated rings. The van der Waals surface area contributed by atoms with Crippen LogP contribution in [-0.2, 0) is 19.1 Å². The van der Waals surface area contributed by atoms with Crippen LogP contribution in [-0.4, -0.2) is 37.2 Å². The van der Waals surface area contributed by atoms with Gasteiger partial charge in [0.25, 0.3) is 6.43 Å². The standard InChI is InChI=1S/C18H25F3O4/c19-9-13(16(20)21)25-18(23)15-11-7-6-10(8-11)14(15)17(22)24-12-4-2-1-3-5-12/h10-16H,1-9H2. The second-order valence-electron chi connectivity index (χ2n) is 7.55. The van der Waals surface area contributed by atoms with Crippen molar-refractivity contribution in [3.05, 3.63) is 0 Å². The van der Waals surface area contributed by atoms with E-state index >= 15 is 0 Å². The summed E-state index contributed by atoms with van der Waals surface area (Å²) in [5.74, 6) is -2.71. The molecule has 3 rings (SSSR count). The summed E-state index contributed by atoms with van der Waals surface area (Å²) in [5, 5.41) is 0. The number of hydrogen-bond donors (Lipinski definition) is 0. The molecule has 3 saturated carbocycles. The lowest BCUT2D eigenvalue weighted by atomic mass is 9.79. The molecule has 2 bridgehead atoms. The zero-order valence-electron chi connectivity index (χ0n) is 14.2. The van der Waals surface area contributed by atoms with E-state index in [-0.39, 0.29) is 17.9 Å². The van der Waals surface area contributed by atoms with Crippen LogP contribution < -0.4 is 0 Å². The largest absolute Gasteiger partial charge is 0.462 e. The highest BCUT2D eigenvalue weighted by Crippen LogP contribution is 2.53. The number of hydrogen-bond acceptors (Lipinski definition) is 4. The second-order valence-corrected chi connectivity index (χ2v) is 7.55. The molecule has 0 saturated heterocycles. The molecule has 3 aliphatic carbocycles. The van der Waals surface area contributed by atoms with Gasteiger partial charge in [-0.1, -0.05) is 6.42 Å². The summed E-state index contributed by atoms with van der Waals surface area (Å²) in [6, 6.07) is 0. The van der Waals surface area contributed by atoms with Crippen molar-refractivity contribution in [2.24, 2.45) is 23.7 Å². The topological polar surface area (TPSA) is 52.6 Å². The van der Waals surface area contributed by atoms with Gasteiger partial charge in [0.1, 0.15) is 12.8 Å². The Morgan fingerprint density at radius 3 is 2.08 bits per heavy atom. The first-order chi connectivity index (χ1) is 12.0. The summed E-state index contributed by atoms with van der Waals surface area (Å²) in [6.07, 6.45) is 1.91. The molecule has 0 amide bonds. The summed E-state index contributed by atoms with van der Waals surface area (Å²) in [5.41, 5.74) is 0. The van der Waals surface area contributed by atoms with Gasteiger partial charge in [0, 0.05) is 0 Å². The Morgan fingerprint density at radius 1 is 0.920 bits per heavy atom. The van der Waals surface area contributed by atoms with Crippen LogP contribution >= 0.6 is 0 Å². The molecule has 0 aromatic carbocycles. The SMILES string of the molecule is O=C(OC1CCCCC1)C1C2CCC(C2)C1C(=O)OC(CF)C(F)F. The van der Waals surface area contributed by atoms with Gasteiger partial charge in [-0.15, -0.1) is 0 Å². The lowest BCUT2D eigenvalue weighted by Crippen LogP contribution is -2.40. The van der Waals surface area contributed by atoms with Gasteiger partial charge >= 0.3 is 11.9 Å². The minimum Gasteiger partial charge on any atom is -0.462 e. The highest BCUT2D eigenvalue weighted by molar-refractivity contribution is 5.84. The summed E-state index contributed by atoms with van der Waals surface area (Å²) < 4.78 is 48.4. The maximum absolute atomic E-state index is 12.7. The number of carbonyl (C=O) groups excluding carboxylic acids is 2. The lowest BCUT2D eigenvalue weighted by Gasteiger charge is -2.31. The average molecular weight is 362 g/mol. The molecule has 0 aromatic heterocycles. The van der Waals surface area contributed by atoms with Crippen LogP contribution in [0, 0.1) is 23.7 Å². The predicted molar refractivity (Wildman–Crippen MR) is 82.6 cm³/mol. The number of fused-ring (bicyclic) bond motifs is 2. The van der Waals surface area contributed by atoms with E-state index in [9.17, 15) is 22.8 Å². The Balaban J connectivity index is 1.66. The Hall–Kier alpha value is -1.27. The van der Waals surface area contributed by atoms with Crippen LogP contribution in [0.15, 0.2) is 0 Å². The van der Waals surface area contributed by atoms with Crippen LogP contribution in [0.4, 0.5) is 13.2 Å². The number of rotatable bonds is 6. The van der Waals surface area contributed by atoms with Gasteiger partial charge < -0.3 is 9.47 Å². The zero-order chi connectivity index (χ0) is 18.0. The monoisotopic (exact) mass is 362 g/mol. The maximum Gasteiger partial charge on any atom is 0.310 e. The van der Waals surface area contributed by atoms with E-state index in [4.69, 9.17) is 9.47 Å². The summed E-state index contributed by atoms with van der Waals surface area (Å²) in [6.45, 7) is -1.43. The van der Waals surface area contributed by atoms with E-state index in [0.717, 1.165) is 44.9 Å². The van der Waals surface area contributed by atoms with Crippen LogP contribution in [0.25, 0.3) is 0 Å². The molecular formula is C18H25F3O4. The van der Waals surface area contributed by atoms with Gasteiger partial charge in [-0.05, 0) is 56.8 Å². The minimum absolute atomic E-state index is 0.0361. The Morgan fingerprint density at radius 2 is 1.52 bits per heavy atom. The van der Waals surface area contributed by atoms with Crippen molar-refractivity contribution < 1.29 is 32.2 Å². The van der Waals surface area contributed by atoms with E-state index < -0.39 is 43.0 Å². The van der Waals surface area contributed by atoms with Gasteiger partial charge in [-0.3, -0.25) is 9.59 Å². The second kappa shape index (κ2) is 7.96. The summed E-state index contributed by atoms with van der Waals surface area (Å²) in [4.78, 5) is 25.0. The summed E-state index contributed by atoms with van der Waals surface area (Å²) in [7, 11) is 0. The van der Waals surface area contributed by atoms with Crippen LogP contribution in [0.2, 0.25) is 0 Å². The number of carbonyl (C=O) groups is 2. The molecule has 5 unspecified atom stereocenters. The quantitative estimate of drug-likeness (QED) is 0.677. The molecule has 0 aromatic rings. The highest BCUT2D eigenvalue weighted by atomic mass is 19.3. The van der Waals surface area contributed by atoms with E-state index in [1.54, 1.807) is 0 Å². The van der Waals surface area contributed by atoms with Gasteiger partial charge in [0.2, 0.25) is 0 Å². The van der Waals surface area contributed by atoms with Gasteiger partial charge in [0.05, 0.1) is 11.8 Å². The number of esters is 2. The number of ether oxygens (including phenoxy) is 2. The van der Waals surface area contributed by atoms with Crippen molar-refractivity contribution in [3.8, 4) is 0 Å². The molecule has 0 N–H and O–H groups in total. The summed E-state index contributed by atoms with van der Waals surface area (Å²) >= 11 is 0. The third kappa shape index (κ3) is 3.95. The predicted octanol–water partition coefficient (Wildman–Crippen LogP) is 3.67. The lowest BCUT2D eigenvalue weighted by molar-refractivity contribution is -0.175. The Kier molecular flexibility index (Phi) is 5.89. The van der Waals surface area contributed by atoms with Crippen LogP contribution in [0.1, 0.15) is 51.4 Å². The van der Waals surface area contributed by atoms with E-state index in [2.05, 4.69) is 0 Å². The zero-order valence-corrected chi connectivity index (χ0v) is 14.2. The third-order valence-electron chi connectivity index (χ3n) is 6.00.